The maximum Gasteiger partial charge on any atom is 0.0700 e. The van der Waals surface area contributed by atoms with E-state index >= 15 is 0 Å². The summed E-state index contributed by atoms with van der Waals surface area (Å²) in [6.45, 7) is 6.81. The number of nitrogens with zero attached hydrogens (tertiary/aromatic N) is 2. The lowest BCUT2D eigenvalue weighted by Crippen LogP contribution is -2.41. The number of pyridine rings is 1. The van der Waals surface area contributed by atoms with Gasteiger partial charge in [0.1, 0.15) is 0 Å². The Morgan fingerprint density at radius 2 is 2.28 bits per heavy atom. The van der Waals surface area contributed by atoms with Gasteiger partial charge in [-0.1, -0.05) is 13.0 Å². The lowest BCUT2D eigenvalue weighted by atomic mass is 10.2. The number of morpholine rings is 1. The van der Waals surface area contributed by atoms with Crippen LogP contribution in [0.25, 0.3) is 0 Å². The Morgan fingerprint density at radius 1 is 1.44 bits per heavy atom. The normalized spacial score (nSPS) is 21.1. The second kappa shape index (κ2) is 6.83. The highest BCUT2D eigenvalue weighted by molar-refractivity contribution is 5.11. The molecule has 0 radical (unpaired) electrons. The maximum atomic E-state index is 5.69. The lowest BCUT2D eigenvalue weighted by Gasteiger charge is -2.32. The largest absolute Gasteiger partial charge is 0.376 e. The van der Waals surface area contributed by atoms with E-state index < -0.39 is 0 Å². The van der Waals surface area contributed by atoms with Crippen LogP contribution in [-0.4, -0.2) is 42.7 Å². The molecule has 1 unspecified atom stereocenters. The van der Waals surface area contributed by atoms with E-state index in [2.05, 4.69) is 40.3 Å². The number of rotatable bonds is 5. The topological polar surface area (TPSA) is 37.4 Å². The molecule has 0 aromatic carbocycles. The summed E-state index contributed by atoms with van der Waals surface area (Å²) in [5.41, 5.74) is 2.26. The second-order valence-electron chi connectivity index (χ2n) is 4.79. The van der Waals surface area contributed by atoms with E-state index in [0.717, 1.165) is 50.6 Å². The van der Waals surface area contributed by atoms with Crippen LogP contribution < -0.4 is 5.32 Å². The van der Waals surface area contributed by atoms with Crippen LogP contribution in [0.3, 0.4) is 0 Å². The van der Waals surface area contributed by atoms with Crippen molar-refractivity contribution < 1.29 is 4.74 Å². The van der Waals surface area contributed by atoms with Gasteiger partial charge in [0.05, 0.1) is 24.1 Å². The monoisotopic (exact) mass is 249 g/mol. The number of hydrogen-bond acceptors (Lipinski definition) is 4. The van der Waals surface area contributed by atoms with Gasteiger partial charge in [0.2, 0.25) is 0 Å². The van der Waals surface area contributed by atoms with Gasteiger partial charge in [-0.3, -0.25) is 9.88 Å². The van der Waals surface area contributed by atoms with E-state index in [1.54, 1.807) is 0 Å². The van der Waals surface area contributed by atoms with Crippen molar-refractivity contribution in [1.82, 2.24) is 15.2 Å². The predicted molar refractivity (Wildman–Crippen MR) is 72.3 cm³/mol. The quantitative estimate of drug-likeness (QED) is 0.856. The summed E-state index contributed by atoms with van der Waals surface area (Å²) in [6.07, 6.45) is 1.48. The molecule has 2 heterocycles. The molecule has 1 aliphatic rings. The van der Waals surface area contributed by atoms with Crippen LogP contribution in [0, 0.1) is 0 Å². The van der Waals surface area contributed by atoms with Crippen molar-refractivity contribution in [2.75, 3.05) is 26.7 Å². The molecule has 1 aromatic rings. The van der Waals surface area contributed by atoms with Crippen LogP contribution in [0.5, 0.6) is 0 Å². The zero-order chi connectivity index (χ0) is 12.8. The molecule has 1 atom stereocenters. The molecule has 0 saturated carbocycles. The molecule has 0 amide bonds. The average molecular weight is 249 g/mol. The fourth-order valence-corrected chi connectivity index (χ4v) is 2.30. The first-order valence-corrected chi connectivity index (χ1v) is 6.75. The van der Waals surface area contributed by atoms with Crippen LogP contribution in [0.1, 0.15) is 24.7 Å². The van der Waals surface area contributed by atoms with Crippen LogP contribution >= 0.6 is 0 Å². The summed E-state index contributed by atoms with van der Waals surface area (Å²) in [5, 5.41) is 3.13. The molecule has 2 rings (SSSR count). The van der Waals surface area contributed by atoms with E-state index in [9.17, 15) is 0 Å². The average Bonchev–Trinajstić information content (AvgIpc) is 2.40. The highest BCUT2D eigenvalue weighted by atomic mass is 16.5. The molecule has 100 valence electrons. The molecule has 18 heavy (non-hydrogen) atoms. The third kappa shape index (κ3) is 3.77. The van der Waals surface area contributed by atoms with Crippen molar-refractivity contribution >= 4 is 0 Å². The number of nitrogens with one attached hydrogen (secondary N) is 1. The van der Waals surface area contributed by atoms with Crippen molar-refractivity contribution in [1.29, 1.82) is 0 Å². The minimum Gasteiger partial charge on any atom is -0.376 e. The summed E-state index contributed by atoms with van der Waals surface area (Å²) in [4.78, 5) is 7.10. The fraction of sp³-hybridized carbons (Fsp3) is 0.643. The zero-order valence-corrected chi connectivity index (χ0v) is 11.4. The van der Waals surface area contributed by atoms with Gasteiger partial charge in [-0.05, 0) is 25.6 Å². The minimum absolute atomic E-state index is 0.388. The first-order valence-electron chi connectivity index (χ1n) is 6.75. The summed E-state index contributed by atoms with van der Waals surface area (Å²) in [7, 11) is 1.95. The molecule has 0 bridgehead atoms. The third-order valence-corrected chi connectivity index (χ3v) is 3.29. The first kappa shape index (κ1) is 13.5. The van der Waals surface area contributed by atoms with Gasteiger partial charge < -0.3 is 10.1 Å². The first-order chi connectivity index (χ1) is 8.81. The molecule has 1 aliphatic heterocycles. The van der Waals surface area contributed by atoms with Crippen LogP contribution in [0.15, 0.2) is 18.2 Å². The van der Waals surface area contributed by atoms with Crippen molar-refractivity contribution in [2.45, 2.75) is 32.5 Å². The molecule has 1 aromatic heterocycles. The van der Waals surface area contributed by atoms with Gasteiger partial charge in [-0.25, -0.2) is 0 Å². The number of aromatic nitrogens is 1. The Bertz CT molecular complexity index is 370. The van der Waals surface area contributed by atoms with Crippen LogP contribution in [0.2, 0.25) is 0 Å². The molecule has 1 saturated heterocycles. The Hall–Kier alpha value is -0.970. The highest BCUT2D eigenvalue weighted by Gasteiger charge is 2.19. The van der Waals surface area contributed by atoms with Crippen molar-refractivity contribution in [2.24, 2.45) is 0 Å². The maximum absolute atomic E-state index is 5.69. The molecule has 0 spiro atoms. The van der Waals surface area contributed by atoms with Crippen molar-refractivity contribution in [3.05, 3.63) is 29.6 Å². The highest BCUT2D eigenvalue weighted by Crippen LogP contribution is 2.11. The molecular formula is C14H23N3O. The molecule has 0 aliphatic carbocycles. The van der Waals surface area contributed by atoms with Crippen LogP contribution in [0.4, 0.5) is 0 Å². The Kier molecular flexibility index (Phi) is 5.11. The minimum atomic E-state index is 0.388. The predicted octanol–water partition coefficient (Wildman–Crippen LogP) is 1.41. The van der Waals surface area contributed by atoms with Gasteiger partial charge >= 0.3 is 0 Å². The van der Waals surface area contributed by atoms with Gasteiger partial charge in [0.15, 0.2) is 0 Å². The Morgan fingerprint density at radius 3 is 3.06 bits per heavy atom. The molecule has 1 N–H and O–H groups in total. The smallest absolute Gasteiger partial charge is 0.0700 e. The summed E-state index contributed by atoms with van der Waals surface area (Å²) >= 11 is 0. The van der Waals surface area contributed by atoms with Gasteiger partial charge in [-0.2, -0.15) is 0 Å². The zero-order valence-electron chi connectivity index (χ0n) is 11.4. The number of ether oxygens (including phenoxy) is 1. The Labute approximate surface area is 109 Å². The molecule has 1 fully saturated rings. The Balaban J connectivity index is 1.93. The fourth-order valence-electron chi connectivity index (χ4n) is 2.30. The number of hydrogen-bond donors (Lipinski definition) is 1. The third-order valence-electron chi connectivity index (χ3n) is 3.29. The van der Waals surface area contributed by atoms with Gasteiger partial charge in [0, 0.05) is 26.2 Å². The van der Waals surface area contributed by atoms with E-state index in [1.807, 2.05) is 7.05 Å². The van der Waals surface area contributed by atoms with Gasteiger partial charge in [-0.15, -0.1) is 0 Å². The van der Waals surface area contributed by atoms with E-state index in [1.165, 1.54) is 0 Å². The van der Waals surface area contributed by atoms with Gasteiger partial charge in [0.25, 0.3) is 0 Å². The van der Waals surface area contributed by atoms with Crippen molar-refractivity contribution in [3.63, 3.8) is 0 Å². The van der Waals surface area contributed by atoms with Crippen LogP contribution in [-0.2, 0) is 17.8 Å². The molecular weight excluding hydrogens is 226 g/mol. The van der Waals surface area contributed by atoms with E-state index in [4.69, 9.17) is 4.74 Å². The summed E-state index contributed by atoms with van der Waals surface area (Å²) in [5.74, 6) is 0. The molecule has 4 heteroatoms. The van der Waals surface area contributed by atoms with Crippen molar-refractivity contribution in [3.8, 4) is 0 Å². The van der Waals surface area contributed by atoms with E-state index in [-0.39, 0.29) is 0 Å². The standard InChI is InChI=1S/C14H23N3O/c1-3-14-11-17(7-8-18-14)10-13-6-4-5-12(16-13)9-15-2/h4-6,14-15H,3,7-11H2,1-2H3. The second-order valence-corrected chi connectivity index (χ2v) is 4.79. The summed E-state index contributed by atoms with van der Waals surface area (Å²) in [6, 6.07) is 6.26. The lowest BCUT2D eigenvalue weighted by molar-refractivity contribution is -0.0328. The molecule has 4 nitrogen and oxygen atoms in total. The SMILES string of the molecule is CCC1CN(Cc2cccc(CNC)n2)CCO1. The van der Waals surface area contributed by atoms with E-state index in [0.29, 0.717) is 6.10 Å². The summed E-state index contributed by atoms with van der Waals surface area (Å²) < 4.78 is 5.69.